The quantitative estimate of drug-likeness (QED) is 0.0925. The predicted molar refractivity (Wildman–Crippen MR) is 164 cm³/mol. The molecule has 2 amide bonds. The smallest absolute Gasteiger partial charge is 0.489 e. The van der Waals surface area contributed by atoms with Crippen LogP contribution in [0.1, 0.15) is 28.0 Å². The number of piperidine rings is 1. The molecule has 50 heavy (non-hydrogen) atoms. The number of para-hydroxylation sites is 1. The number of aryl methyl sites for hydroxylation is 1. The summed E-state index contributed by atoms with van der Waals surface area (Å²) >= 11 is 0. The first-order valence-electron chi connectivity index (χ1n) is 14.5. The minimum Gasteiger partial charge on any atom is -0.489 e. The first kappa shape index (κ1) is 39.0. The molecule has 3 aromatic carbocycles. The largest absolute Gasteiger partial charge is 0.490 e. The zero-order valence-electron chi connectivity index (χ0n) is 25.9. The number of nitrogens with one attached hydrogen (secondary N) is 3. The average molecular weight is 713 g/mol. The lowest BCUT2D eigenvalue weighted by atomic mass is 9.91. The lowest BCUT2D eigenvalue weighted by molar-refractivity contribution is -0.193. The summed E-state index contributed by atoms with van der Waals surface area (Å²) in [6, 6.07) is 20.8. The number of amides is 2. The first-order chi connectivity index (χ1) is 23.4. The number of benzene rings is 3. The molecule has 1 aromatic heterocycles. The normalized spacial score (nSPS) is 15.8. The zero-order chi connectivity index (χ0) is 37.2. The molecular weight excluding hydrogens is 682 g/mol. The number of hydrogen-bond donors (Lipinski definition) is 6. The Labute approximate surface area is 279 Å². The van der Waals surface area contributed by atoms with Gasteiger partial charge in [0.2, 0.25) is 5.91 Å². The van der Waals surface area contributed by atoms with Gasteiger partial charge in [0.15, 0.2) is 0 Å². The Kier molecular flexibility index (Phi) is 13.1. The van der Waals surface area contributed by atoms with Gasteiger partial charge in [0, 0.05) is 28.8 Å². The molecule has 0 spiro atoms. The number of carbonyl (C=O) groups is 4. The number of aliphatic carboxylic acids is 2. The highest BCUT2D eigenvalue weighted by Crippen LogP contribution is 2.27. The van der Waals surface area contributed by atoms with Gasteiger partial charge in [0.1, 0.15) is 12.4 Å². The number of alkyl halides is 6. The summed E-state index contributed by atoms with van der Waals surface area (Å²) in [5, 5.41) is 32.2. The van der Waals surface area contributed by atoms with E-state index in [2.05, 4.69) is 15.6 Å². The number of carboxylic acids is 2. The van der Waals surface area contributed by atoms with E-state index >= 15 is 0 Å². The van der Waals surface area contributed by atoms with Gasteiger partial charge < -0.3 is 25.6 Å². The number of aromatic nitrogens is 1. The molecule has 1 saturated heterocycles. The summed E-state index contributed by atoms with van der Waals surface area (Å²) in [7, 11) is 0. The van der Waals surface area contributed by atoms with Crippen LogP contribution in [0, 0.1) is 12.8 Å². The van der Waals surface area contributed by atoms with E-state index in [1.165, 1.54) is 0 Å². The van der Waals surface area contributed by atoms with Gasteiger partial charge in [-0.15, -0.1) is 0 Å². The van der Waals surface area contributed by atoms with Crippen LogP contribution >= 0.6 is 0 Å². The Hall–Kier alpha value is -5.49. The van der Waals surface area contributed by atoms with E-state index in [-0.39, 0.29) is 5.91 Å². The SMILES string of the molecule is Cc1cc(COc2ccc3c(C(=O)NC4CNCCC4C(=O)NO)cccc3c2)c2ccccc2n1.O=C(O)C(F)(F)F.O=C(O)C(F)(F)F. The summed E-state index contributed by atoms with van der Waals surface area (Å²) in [5.74, 6) is -6.06. The number of carboxylic acid groups (broad SMARTS) is 2. The van der Waals surface area contributed by atoms with Crippen LogP contribution in [0.2, 0.25) is 0 Å². The molecule has 0 aliphatic carbocycles. The fraction of sp³-hybridized carbons (Fsp3) is 0.281. The van der Waals surface area contributed by atoms with Crippen LogP contribution in [0.15, 0.2) is 66.7 Å². The van der Waals surface area contributed by atoms with Crippen LogP contribution in [0.3, 0.4) is 0 Å². The molecule has 6 N–H and O–H groups in total. The molecule has 1 aliphatic heterocycles. The van der Waals surface area contributed by atoms with Crippen molar-refractivity contribution in [3.63, 3.8) is 0 Å². The van der Waals surface area contributed by atoms with Crippen molar-refractivity contribution in [3.05, 3.63) is 83.6 Å². The number of nitrogens with zero attached hydrogens (tertiary/aromatic N) is 1. The molecular formula is C32H30F6N4O8. The van der Waals surface area contributed by atoms with Crippen molar-refractivity contribution in [2.24, 2.45) is 5.92 Å². The molecule has 2 atom stereocenters. The van der Waals surface area contributed by atoms with E-state index in [0.717, 1.165) is 32.9 Å². The van der Waals surface area contributed by atoms with Crippen molar-refractivity contribution >= 4 is 45.4 Å². The highest BCUT2D eigenvalue weighted by Gasteiger charge is 2.39. The summed E-state index contributed by atoms with van der Waals surface area (Å²) in [6.07, 6.45) is -9.64. The van der Waals surface area contributed by atoms with Gasteiger partial charge >= 0.3 is 24.3 Å². The third-order valence-electron chi connectivity index (χ3n) is 7.15. The molecule has 268 valence electrons. The van der Waals surface area contributed by atoms with E-state index in [4.69, 9.17) is 29.7 Å². The lowest BCUT2D eigenvalue weighted by Gasteiger charge is -2.31. The van der Waals surface area contributed by atoms with Gasteiger partial charge in [-0.1, -0.05) is 30.3 Å². The van der Waals surface area contributed by atoms with Crippen molar-refractivity contribution in [3.8, 4) is 5.75 Å². The highest BCUT2D eigenvalue weighted by atomic mass is 19.4. The second kappa shape index (κ2) is 16.8. The second-order valence-corrected chi connectivity index (χ2v) is 10.7. The molecule has 1 fully saturated rings. The fourth-order valence-electron chi connectivity index (χ4n) is 4.88. The van der Waals surface area contributed by atoms with Crippen molar-refractivity contribution in [2.75, 3.05) is 13.1 Å². The Bertz CT molecular complexity index is 1830. The monoisotopic (exact) mass is 712 g/mol. The number of halogens is 6. The average Bonchev–Trinajstić information content (AvgIpc) is 3.06. The number of fused-ring (bicyclic) bond motifs is 2. The highest BCUT2D eigenvalue weighted by molar-refractivity contribution is 6.07. The van der Waals surface area contributed by atoms with E-state index in [0.29, 0.717) is 37.4 Å². The standard InChI is InChI=1S/C28H28N4O4.2C2HF3O2/c1-17-13-19(22-6-2-3-8-25(22)30-17)16-36-20-9-10-21-18(14-20)5-4-7-23(21)27(33)31-26-15-29-12-11-24(26)28(34)32-35;2*3-2(4,5)1(6)7/h2-10,13-14,24,26,29,35H,11-12,15-16H2,1H3,(H,31,33)(H,32,34);2*(H,6,7). The third-order valence-corrected chi connectivity index (χ3v) is 7.15. The minimum absolute atomic E-state index is 0.266. The number of pyridine rings is 1. The van der Waals surface area contributed by atoms with Gasteiger partial charge in [-0.2, -0.15) is 26.3 Å². The molecule has 18 heteroatoms. The summed E-state index contributed by atoms with van der Waals surface area (Å²) in [4.78, 5) is 47.6. The van der Waals surface area contributed by atoms with Crippen LogP contribution in [-0.4, -0.2) is 75.6 Å². The van der Waals surface area contributed by atoms with E-state index in [1.54, 1.807) is 11.5 Å². The Balaban J connectivity index is 0.000000408. The second-order valence-electron chi connectivity index (χ2n) is 10.7. The van der Waals surface area contributed by atoms with Crippen LogP contribution in [0.4, 0.5) is 26.3 Å². The maximum atomic E-state index is 13.2. The molecule has 0 saturated carbocycles. The predicted octanol–water partition coefficient (Wildman–Crippen LogP) is 4.76. The first-order valence-corrected chi connectivity index (χ1v) is 14.5. The molecule has 2 heterocycles. The summed E-state index contributed by atoms with van der Waals surface area (Å²) in [5.41, 5.74) is 5.18. The Morgan fingerprint density at radius 3 is 2.16 bits per heavy atom. The summed E-state index contributed by atoms with van der Waals surface area (Å²) < 4.78 is 69.6. The maximum Gasteiger partial charge on any atom is 0.490 e. The molecule has 0 radical (unpaired) electrons. The van der Waals surface area contributed by atoms with E-state index in [9.17, 15) is 35.9 Å². The molecule has 12 nitrogen and oxygen atoms in total. The molecule has 2 unspecified atom stereocenters. The number of hydrogen-bond acceptors (Lipinski definition) is 8. The van der Waals surface area contributed by atoms with Gasteiger partial charge in [-0.3, -0.25) is 19.8 Å². The molecule has 0 bridgehead atoms. The van der Waals surface area contributed by atoms with Gasteiger partial charge in [0.05, 0.1) is 17.5 Å². The van der Waals surface area contributed by atoms with Crippen molar-refractivity contribution < 1.29 is 65.7 Å². The molecule has 1 aliphatic rings. The number of ether oxygens (including phenoxy) is 1. The van der Waals surface area contributed by atoms with E-state index < -0.39 is 42.2 Å². The minimum atomic E-state index is -5.08. The Morgan fingerprint density at radius 2 is 1.54 bits per heavy atom. The van der Waals surface area contributed by atoms with Crippen LogP contribution in [0.5, 0.6) is 5.75 Å². The van der Waals surface area contributed by atoms with Crippen LogP contribution in [-0.2, 0) is 21.0 Å². The number of rotatable bonds is 6. The molecule has 5 rings (SSSR count). The zero-order valence-corrected chi connectivity index (χ0v) is 25.9. The van der Waals surface area contributed by atoms with Gasteiger partial charge in [-0.25, -0.2) is 15.1 Å². The Morgan fingerprint density at radius 1 is 0.900 bits per heavy atom. The van der Waals surface area contributed by atoms with Gasteiger partial charge in [-0.05, 0) is 67.1 Å². The van der Waals surface area contributed by atoms with Crippen LogP contribution < -0.4 is 20.9 Å². The maximum absolute atomic E-state index is 13.2. The third kappa shape index (κ3) is 10.8. The van der Waals surface area contributed by atoms with E-state index in [1.807, 2.05) is 67.6 Å². The van der Waals surface area contributed by atoms with Crippen LogP contribution in [0.25, 0.3) is 21.7 Å². The van der Waals surface area contributed by atoms with Crippen molar-refractivity contribution in [1.82, 2.24) is 21.1 Å². The topological polar surface area (TPSA) is 187 Å². The van der Waals surface area contributed by atoms with Crippen molar-refractivity contribution in [1.29, 1.82) is 0 Å². The number of carbonyl (C=O) groups excluding carboxylic acids is 2. The lowest BCUT2D eigenvalue weighted by Crippen LogP contribution is -2.55. The molecule has 4 aromatic rings. The summed E-state index contributed by atoms with van der Waals surface area (Å²) in [6.45, 7) is 3.48. The van der Waals surface area contributed by atoms with Gasteiger partial charge in [0.25, 0.3) is 5.91 Å². The number of hydroxylamine groups is 1. The fourth-order valence-corrected chi connectivity index (χ4v) is 4.88. The van der Waals surface area contributed by atoms with Crippen molar-refractivity contribution in [2.45, 2.75) is 38.3 Å².